The van der Waals surface area contributed by atoms with Crippen molar-refractivity contribution < 1.29 is 34.7 Å². The first-order chi connectivity index (χ1) is 22.5. The van der Waals surface area contributed by atoms with Crippen molar-refractivity contribution in [2.75, 3.05) is 0 Å². The molecule has 1 aliphatic rings. The maximum Gasteiger partial charge on any atom is 0.159 e. The first-order valence-corrected chi connectivity index (χ1v) is 16.7. The molecule has 0 spiro atoms. The van der Waals surface area contributed by atoms with Gasteiger partial charge in [0.2, 0.25) is 0 Å². The van der Waals surface area contributed by atoms with Crippen LogP contribution < -0.4 is 4.74 Å². The molecule has 1 aromatic heterocycles. The van der Waals surface area contributed by atoms with Crippen LogP contribution in [-0.4, -0.2) is 15.9 Å². The first-order valence-electron chi connectivity index (χ1n) is 16.7. The van der Waals surface area contributed by atoms with Gasteiger partial charge in [-0.15, -0.1) is 18.2 Å². The Hall–Kier alpha value is -4.05. The van der Waals surface area contributed by atoms with E-state index in [-0.39, 0.29) is 31.6 Å². The quantitative estimate of drug-likeness (QED) is 0.0944. The van der Waals surface area contributed by atoms with E-state index in [0.29, 0.717) is 30.6 Å². The van der Waals surface area contributed by atoms with Gasteiger partial charge in [-0.25, -0.2) is 0 Å². The Balaban J connectivity index is 0.000000319. The average Bonchev–Trinajstić information content (AvgIpc) is 3.15. The summed E-state index contributed by atoms with van der Waals surface area (Å²) in [4.78, 5) is 16.3. The van der Waals surface area contributed by atoms with Crippen LogP contribution in [-0.2, 0) is 31.3 Å². The number of carbonyl (C=O) groups is 1. The fourth-order valence-corrected chi connectivity index (χ4v) is 6.10. The van der Waals surface area contributed by atoms with Gasteiger partial charge in [0.1, 0.15) is 5.75 Å². The maximum absolute atomic E-state index is 11.2. The van der Waals surface area contributed by atoms with Gasteiger partial charge in [-0.3, -0.25) is 9.78 Å². The SMILES string of the molecule is CC(C)CC(=O)/C=C(\O)CC(C)C.Cc1ccc2nc(-c3[c-]ccc4c3Oc3ccccc3-c3ccccc3-4)cc(CC(C)C)c2c1.[Ir]. The third kappa shape index (κ3) is 8.89. The summed E-state index contributed by atoms with van der Waals surface area (Å²) in [5.41, 5.74) is 9.90. The summed E-state index contributed by atoms with van der Waals surface area (Å²) >= 11 is 0. The molecule has 0 fully saturated rings. The Morgan fingerprint density at radius 3 is 2.12 bits per heavy atom. The smallest absolute Gasteiger partial charge is 0.159 e. The molecule has 4 nitrogen and oxygen atoms in total. The summed E-state index contributed by atoms with van der Waals surface area (Å²) in [5.74, 6) is 3.20. The molecule has 0 atom stereocenters. The van der Waals surface area contributed by atoms with Crippen LogP contribution in [0.15, 0.2) is 96.8 Å². The van der Waals surface area contributed by atoms with Crippen molar-refractivity contribution in [2.24, 2.45) is 17.8 Å². The maximum atomic E-state index is 11.2. The molecule has 1 aliphatic heterocycles. The number of carbonyl (C=O) groups excluding carboxylic acids is 1. The van der Waals surface area contributed by atoms with Crippen molar-refractivity contribution in [3.63, 3.8) is 0 Å². The molecule has 0 aliphatic carbocycles. The number of hydrogen-bond acceptors (Lipinski definition) is 4. The van der Waals surface area contributed by atoms with E-state index in [2.05, 4.69) is 93.6 Å². The zero-order valence-electron chi connectivity index (χ0n) is 29.1. The molecule has 48 heavy (non-hydrogen) atoms. The molecule has 0 saturated carbocycles. The standard InChI is InChI=1S/C32H26NO.C11H20O2.Ir/c1-20(2)17-22-19-30(33-29-16-15-21(3)18-28(22)29)27-13-8-12-26-24-10-5-4-9-23(24)25-11-6-7-14-31(25)34-32(26)27;1-8(2)5-10(12)7-11(13)6-9(3)4;/h4-12,14-16,18-20H,17H2,1-3H3;7-9,12H,5-6H2,1-4H3;/q-1;;/b;10-7-;. The van der Waals surface area contributed by atoms with E-state index in [4.69, 9.17) is 9.72 Å². The summed E-state index contributed by atoms with van der Waals surface area (Å²) in [6.45, 7) is 14.7. The van der Waals surface area contributed by atoms with Crippen LogP contribution in [0.4, 0.5) is 0 Å². The van der Waals surface area contributed by atoms with Gasteiger partial charge < -0.3 is 9.84 Å². The zero-order valence-corrected chi connectivity index (χ0v) is 31.5. The molecule has 251 valence electrons. The van der Waals surface area contributed by atoms with Crippen molar-refractivity contribution in [3.05, 3.63) is 114 Å². The normalized spacial score (nSPS) is 11.9. The van der Waals surface area contributed by atoms with Crippen LogP contribution in [0.25, 0.3) is 44.4 Å². The predicted molar refractivity (Wildman–Crippen MR) is 195 cm³/mol. The van der Waals surface area contributed by atoms with Gasteiger partial charge in [-0.2, -0.15) is 0 Å². The molecule has 6 rings (SSSR count). The molecule has 0 bridgehead atoms. The summed E-state index contributed by atoms with van der Waals surface area (Å²) in [7, 11) is 0. The van der Waals surface area contributed by atoms with E-state index in [1.165, 1.54) is 28.2 Å². The summed E-state index contributed by atoms with van der Waals surface area (Å²) < 4.78 is 6.65. The first kappa shape index (κ1) is 36.8. The number of nitrogens with zero attached hydrogens (tertiary/aromatic N) is 1. The van der Waals surface area contributed by atoms with Gasteiger partial charge >= 0.3 is 0 Å². The van der Waals surface area contributed by atoms with E-state index >= 15 is 0 Å². The second-order valence-corrected chi connectivity index (χ2v) is 13.8. The monoisotopic (exact) mass is 817 g/mol. The fraction of sp³-hybridized carbons (Fsp3) is 0.302. The molecule has 5 aromatic rings. The Morgan fingerprint density at radius 1 is 0.812 bits per heavy atom. The molecule has 1 radical (unpaired) electrons. The molecule has 0 saturated heterocycles. The van der Waals surface area contributed by atoms with E-state index in [9.17, 15) is 9.90 Å². The number of aliphatic hydroxyl groups is 1. The van der Waals surface area contributed by atoms with Crippen LogP contribution >= 0.6 is 0 Å². The topological polar surface area (TPSA) is 59.4 Å². The fourth-order valence-electron chi connectivity index (χ4n) is 6.10. The Labute approximate surface area is 299 Å². The number of fused-ring (bicyclic) bond motifs is 6. The van der Waals surface area contributed by atoms with E-state index in [1.807, 2.05) is 45.9 Å². The van der Waals surface area contributed by atoms with Crippen LogP contribution in [0, 0.1) is 30.7 Å². The van der Waals surface area contributed by atoms with Gasteiger partial charge in [-0.1, -0.05) is 113 Å². The Morgan fingerprint density at radius 2 is 1.46 bits per heavy atom. The van der Waals surface area contributed by atoms with Crippen LogP contribution in [0.5, 0.6) is 11.5 Å². The number of allylic oxidation sites excluding steroid dienone is 2. The third-order valence-electron chi connectivity index (χ3n) is 8.04. The number of ether oxygens (including phenoxy) is 1. The zero-order chi connectivity index (χ0) is 33.7. The number of hydrogen-bond donors (Lipinski definition) is 1. The molecule has 0 unspecified atom stereocenters. The largest absolute Gasteiger partial charge is 0.512 e. The van der Waals surface area contributed by atoms with Crippen molar-refractivity contribution >= 4 is 16.7 Å². The summed E-state index contributed by atoms with van der Waals surface area (Å²) in [6.07, 6.45) is 3.46. The molecule has 5 heteroatoms. The molecular weight excluding hydrogens is 771 g/mol. The molecule has 1 N–H and O–H groups in total. The van der Waals surface area contributed by atoms with E-state index < -0.39 is 0 Å². The van der Waals surface area contributed by atoms with Crippen molar-refractivity contribution in [3.8, 4) is 45.0 Å². The number of ketones is 1. The Bertz CT molecular complexity index is 1920. The Kier molecular flexibility index (Phi) is 12.5. The number of para-hydroxylation sites is 1. The minimum Gasteiger partial charge on any atom is -0.512 e. The number of aliphatic hydroxyl groups excluding tert-OH is 1. The van der Waals surface area contributed by atoms with Gasteiger partial charge in [0, 0.05) is 50.0 Å². The van der Waals surface area contributed by atoms with Gasteiger partial charge in [0.25, 0.3) is 0 Å². The minimum atomic E-state index is 0. The second-order valence-electron chi connectivity index (χ2n) is 13.8. The molecule has 4 aromatic carbocycles. The molecule has 2 heterocycles. The van der Waals surface area contributed by atoms with Gasteiger partial charge in [0.05, 0.1) is 17.0 Å². The minimum absolute atomic E-state index is 0. The second kappa shape index (κ2) is 16.4. The van der Waals surface area contributed by atoms with E-state index in [1.54, 1.807) is 0 Å². The van der Waals surface area contributed by atoms with E-state index in [0.717, 1.165) is 51.4 Å². The van der Waals surface area contributed by atoms with Crippen molar-refractivity contribution in [2.45, 2.75) is 67.7 Å². The number of aryl methyl sites for hydroxylation is 1. The number of aromatic nitrogens is 1. The van der Waals surface area contributed by atoms with Crippen LogP contribution in [0.1, 0.15) is 65.5 Å². The van der Waals surface area contributed by atoms with Crippen molar-refractivity contribution in [1.29, 1.82) is 0 Å². The number of rotatable bonds is 8. The summed E-state index contributed by atoms with van der Waals surface area (Å²) in [5, 5.41) is 10.6. The predicted octanol–water partition coefficient (Wildman–Crippen LogP) is 11.7. The molecular formula is C43H46IrNO3-. The van der Waals surface area contributed by atoms with Crippen molar-refractivity contribution in [1.82, 2.24) is 4.98 Å². The summed E-state index contributed by atoms with van der Waals surface area (Å²) in [6, 6.07) is 33.1. The van der Waals surface area contributed by atoms with Gasteiger partial charge in [-0.05, 0) is 71.7 Å². The average molecular weight is 817 g/mol. The van der Waals surface area contributed by atoms with Crippen LogP contribution in [0.3, 0.4) is 0 Å². The number of benzene rings is 4. The molecule has 0 amide bonds. The van der Waals surface area contributed by atoms with Crippen LogP contribution in [0.2, 0.25) is 0 Å². The third-order valence-corrected chi connectivity index (χ3v) is 8.04. The van der Waals surface area contributed by atoms with Gasteiger partial charge in [0.15, 0.2) is 5.78 Å². The number of pyridine rings is 1.